The van der Waals surface area contributed by atoms with Crippen molar-refractivity contribution >= 4 is 29.9 Å². The van der Waals surface area contributed by atoms with E-state index in [9.17, 15) is 0 Å². The Labute approximate surface area is 180 Å². The summed E-state index contributed by atoms with van der Waals surface area (Å²) in [7, 11) is 0. The van der Waals surface area contributed by atoms with Gasteiger partial charge in [-0.1, -0.05) is 19.1 Å². The van der Waals surface area contributed by atoms with Crippen LogP contribution in [0.3, 0.4) is 0 Å². The molecule has 0 aromatic heterocycles. The number of fused-ring (bicyclic) bond motifs is 1. The van der Waals surface area contributed by atoms with Crippen molar-refractivity contribution in [3.05, 3.63) is 24.3 Å². The number of nitrogens with one attached hydrogen (secondary N) is 2. The van der Waals surface area contributed by atoms with E-state index in [1.54, 1.807) is 0 Å². The van der Waals surface area contributed by atoms with E-state index in [0.29, 0.717) is 19.2 Å². The molecule has 0 aliphatic carbocycles. The number of halogens is 1. The van der Waals surface area contributed by atoms with Gasteiger partial charge in [0, 0.05) is 25.7 Å². The van der Waals surface area contributed by atoms with Crippen LogP contribution in [0.4, 0.5) is 0 Å². The summed E-state index contributed by atoms with van der Waals surface area (Å²) in [6.45, 7) is 9.86. The first-order chi connectivity index (χ1) is 12.8. The molecule has 1 aromatic rings. The van der Waals surface area contributed by atoms with Gasteiger partial charge < -0.3 is 25.0 Å². The van der Waals surface area contributed by atoms with Crippen molar-refractivity contribution in [3.63, 3.8) is 0 Å². The molecule has 152 valence electrons. The third kappa shape index (κ3) is 6.71. The zero-order chi connectivity index (χ0) is 18.2. The van der Waals surface area contributed by atoms with E-state index in [-0.39, 0.29) is 30.1 Å². The van der Waals surface area contributed by atoms with Gasteiger partial charge in [-0.2, -0.15) is 0 Å². The highest BCUT2D eigenvalue weighted by Gasteiger charge is 2.22. The number of ether oxygens (including phenoxy) is 2. The zero-order valence-electron chi connectivity index (χ0n) is 16.4. The molecule has 27 heavy (non-hydrogen) atoms. The van der Waals surface area contributed by atoms with Crippen molar-refractivity contribution < 1.29 is 9.47 Å². The van der Waals surface area contributed by atoms with Crippen molar-refractivity contribution in [2.24, 2.45) is 4.99 Å². The third-order valence-electron chi connectivity index (χ3n) is 4.83. The molecule has 1 aromatic carbocycles. The van der Waals surface area contributed by atoms with Crippen LogP contribution in [0.5, 0.6) is 11.5 Å². The molecule has 1 fully saturated rings. The molecule has 2 aliphatic rings. The molecule has 0 radical (unpaired) electrons. The quantitative estimate of drug-likeness (QED) is 0.367. The predicted octanol–water partition coefficient (Wildman–Crippen LogP) is 2.87. The highest BCUT2D eigenvalue weighted by molar-refractivity contribution is 14.0. The average molecular weight is 488 g/mol. The Morgan fingerprint density at radius 3 is 2.63 bits per heavy atom. The summed E-state index contributed by atoms with van der Waals surface area (Å²) in [6.07, 6.45) is 3.52. The van der Waals surface area contributed by atoms with Crippen LogP contribution in [0.25, 0.3) is 0 Å². The summed E-state index contributed by atoms with van der Waals surface area (Å²) >= 11 is 0. The number of likely N-dealkylation sites (tertiary alicyclic amines) is 1. The summed E-state index contributed by atoms with van der Waals surface area (Å²) in [4.78, 5) is 7.28. The van der Waals surface area contributed by atoms with Crippen LogP contribution in [0.2, 0.25) is 0 Å². The van der Waals surface area contributed by atoms with Gasteiger partial charge in [-0.05, 0) is 44.9 Å². The van der Waals surface area contributed by atoms with Gasteiger partial charge in [-0.15, -0.1) is 24.0 Å². The van der Waals surface area contributed by atoms with Crippen molar-refractivity contribution in [1.82, 2.24) is 15.5 Å². The summed E-state index contributed by atoms with van der Waals surface area (Å²) in [5.74, 6) is 2.50. The number of benzene rings is 1. The average Bonchev–Trinajstić information content (AvgIpc) is 2.68. The van der Waals surface area contributed by atoms with Crippen LogP contribution in [-0.4, -0.2) is 62.3 Å². The fourth-order valence-electron chi connectivity index (χ4n) is 3.48. The molecular formula is C20H33IN4O2. The molecule has 1 atom stereocenters. The van der Waals surface area contributed by atoms with Gasteiger partial charge in [0.25, 0.3) is 0 Å². The lowest BCUT2D eigenvalue weighted by molar-refractivity contribution is 0.0971. The molecule has 2 heterocycles. The molecule has 0 saturated carbocycles. The lowest BCUT2D eigenvalue weighted by atomic mass is 10.1. The smallest absolute Gasteiger partial charge is 0.191 e. The van der Waals surface area contributed by atoms with E-state index in [1.807, 2.05) is 24.3 Å². The maximum Gasteiger partial charge on any atom is 0.191 e. The largest absolute Gasteiger partial charge is 0.486 e. The summed E-state index contributed by atoms with van der Waals surface area (Å²) in [6, 6.07) is 8.29. The van der Waals surface area contributed by atoms with Gasteiger partial charge >= 0.3 is 0 Å². The van der Waals surface area contributed by atoms with E-state index < -0.39 is 0 Å². The number of aliphatic imine (C=N–C) groups is 1. The minimum Gasteiger partial charge on any atom is -0.486 e. The maximum atomic E-state index is 6.00. The Morgan fingerprint density at radius 2 is 1.93 bits per heavy atom. The molecule has 2 N–H and O–H groups in total. The zero-order valence-corrected chi connectivity index (χ0v) is 18.8. The number of nitrogens with zero attached hydrogens (tertiary/aromatic N) is 2. The molecule has 1 unspecified atom stereocenters. The van der Waals surface area contributed by atoms with E-state index in [1.165, 1.54) is 38.9 Å². The molecule has 3 rings (SSSR count). The molecule has 0 spiro atoms. The monoisotopic (exact) mass is 488 g/mol. The minimum absolute atomic E-state index is 0. The van der Waals surface area contributed by atoms with Crippen molar-refractivity contribution in [2.75, 3.05) is 39.3 Å². The van der Waals surface area contributed by atoms with Crippen LogP contribution in [-0.2, 0) is 0 Å². The van der Waals surface area contributed by atoms with Crippen LogP contribution in [0.1, 0.15) is 33.1 Å². The fourth-order valence-corrected chi connectivity index (χ4v) is 3.48. The SMILES string of the molecule is CCCN1CCC(NC(=NCC2COc3ccccc3O2)NCC)CC1.I. The molecule has 7 heteroatoms. The van der Waals surface area contributed by atoms with Crippen molar-refractivity contribution in [1.29, 1.82) is 0 Å². The minimum atomic E-state index is -0.0493. The molecule has 2 aliphatic heterocycles. The Morgan fingerprint density at radius 1 is 1.19 bits per heavy atom. The third-order valence-corrected chi connectivity index (χ3v) is 4.83. The van der Waals surface area contributed by atoms with Gasteiger partial charge in [0.2, 0.25) is 0 Å². The lowest BCUT2D eigenvalue weighted by Crippen LogP contribution is -2.49. The molecule has 0 amide bonds. The second-order valence-corrected chi connectivity index (χ2v) is 6.98. The first-order valence-corrected chi connectivity index (χ1v) is 9.94. The molecule has 6 nitrogen and oxygen atoms in total. The molecule has 0 bridgehead atoms. The topological polar surface area (TPSA) is 58.1 Å². The normalized spacial score (nSPS) is 20.7. The second-order valence-electron chi connectivity index (χ2n) is 6.98. The van der Waals surface area contributed by atoms with Gasteiger partial charge in [0.15, 0.2) is 23.6 Å². The number of hydrogen-bond donors (Lipinski definition) is 2. The van der Waals surface area contributed by atoms with Crippen LogP contribution in [0, 0.1) is 0 Å². The number of hydrogen-bond acceptors (Lipinski definition) is 4. The van der Waals surface area contributed by atoms with Crippen LogP contribution < -0.4 is 20.1 Å². The summed E-state index contributed by atoms with van der Waals surface area (Å²) < 4.78 is 11.8. The number of piperidine rings is 1. The van der Waals surface area contributed by atoms with Crippen LogP contribution >= 0.6 is 24.0 Å². The lowest BCUT2D eigenvalue weighted by Gasteiger charge is -2.33. The summed E-state index contributed by atoms with van der Waals surface area (Å²) in [5.41, 5.74) is 0. The number of para-hydroxylation sites is 2. The standard InChI is InChI=1S/C20H32N4O2.HI/c1-3-11-24-12-9-16(10-13-24)23-20(21-4-2)22-14-17-15-25-18-7-5-6-8-19(18)26-17;/h5-8,16-17H,3-4,9-15H2,1-2H3,(H2,21,22,23);1H. The van der Waals surface area contributed by atoms with E-state index >= 15 is 0 Å². The highest BCUT2D eigenvalue weighted by Crippen LogP contribution is 2.30. The van der Waals surface area contributed by atoms with E-state index in [0.717, 1.165) is 24.0 Å². The predicted molar refractivity (Wildman–Crippen MR) is 121 cm³/mol. The van der Waals surface area contributed by atoms with Crippen molar-refractivity contribution in [3.8, 4) is 11.5 Å². The van der Waals surface area contributed by atoms with Gasteiger partial charge in [-0.3, -0.25) is 0 Å². The van der Waals surface area contributed by atoms with Gasteiger partial charge in [-0.25, -0.2) is 4.99 Å². The summed E-state index contributed by atoms with van der Waals surface area (Å²) in [5, 5.41) is 6.95. The molecular weight excluding hydrogens is 455 g/mol. The second kappa shape index (κ2) is 11.6. The van der Waals surface area contributed by atoms with Gasteiger partial charge in [0.05, 0.1) is 6.54 Å². The fraction of sp³-hybridized carbons (Fsp3) is 0.650. The Kier molecular flexibility index (Phi) is 9.47. The Bertz CT molecular complexity index is 591. The Hall–Kier alpha value is -1.22. The maximum absolute atomic E-state index is 6.00. The van der Waals surface area contributed by atoms with Crippen molar-refractivity contribution in [2.45, 2.75) is 45.3 Å². The highest BCUT2D eigenvalue weighted by atomic mass is 127. The first kappa shape index (κ1) is 22.1. The van der Waals surface area contributed by atoms with Crippen LogP contribution in [0.15, 0.2) is 29.3 Å². The molecule has 1 saturated heterocycles. The van der Waals surface area contributed by atoms with E-state index in [4.69, 9.17) is 14.5 Å². The number of rotatable bonds is 6. The van der Waals surface area contributed by atoms with E-state index in [2.05, 4.69) is 29.4 Å². The first-order valence-electron chi connectivity index (χ1n) is 9.94. The Balaban J connectivity index is 0.00000261. The number of guanidine groups is 1. The van der Waals surface area contributed by atoms with Gasteiger partial charge in [0.1, 0.15) is 6.61 Å².